The van der Waals surface area contributed by atoms with Gasteiger partial charge in [-0.1, -0.05) is 388 Å². The molecular formula is C72H150FeP2. The zero-order valence-corrected chi connectivity index (χ0v) is 56.8. The van der Waals surface area contributed by atoms with Crippen LogP contribution in [0.15, 0.2) is 0 Å². The van der Waals surface area contributed by atoms with Crippen LogP contribution in [-0.2, 0) is 17.1 Å². The number of hydrogen-bond acceptors (Lipinski definition) is 0. The van der Waals surface area contributed by atoms with Crippen LogP contribution in [0.1, 0.15) is 427 Å². The third-order valence-electron chi connectivity index (χ3n) is 17.0. The average Bonchev–Trinajstić information content (AvgIpc) is 3.41. The van der Waals surface area contributed by atoms with E-state index in [-0.39, 0.29) is 17.1 Å². The van der Waals surface area contributed by atoms with E-state index in [1.165, 1.54) is 385 Å². The van der Waals surface area contributed by atoms with Crippen LogP contribution in [-0.4, -0.2) is 37.0 Å². The fraction of sp³-hybridized carbons (Fsp3) is 1.00. The molecule has 0 aromatic rings. The van der Waals surface area contributed by atoms with Crippen LogP contribution in [0.2, 0.25) is 0 Å². The molecule has 0 fully saturated rings. The van der Waals surface area contributed by atoms with E-state index in [2.05, 4.69) is 41.5 Å². The van der Waals surface area contributed by atoms with Crippen LogP contribution in [0.5, 0.6) is 0 Å². The molecule has 0 N–H and O–H groups in total. The second kappa shape index (κ2) is 77.4. The molecular weight excluding hydrogens is 983 g/mol. The van der Waals surface area contributed by atoms with Gasteiger partial charge in [-0.2, -0.15) is 0 Å². The summed E-state index contributed by atoms with van der Waals surface area (Å²) < 4.78 is 0. The summed E-state index contributed by atoms with van der Waals surface area (Å²) in [5.74, 6) is 0. The molecule has 0 aliphatic rings. The van der Waals surface area contributed by atoms with Gasteiger partial charge in [0.25, 0.3) is 0 Å². The van der Waals surface area contributed by atoms with Gasteiger partial charge in [-0.25, -0.2) is 0 Å². The van der Waals surface area contributed by atoms with Crippen molar-refractivity contribution in [2.45, 2.75) is 427 Å². The fourth-order valence-electron chi connectivity index (χ4n) is 11.6. The first kappa shape index (κ1) is 80.6. The Hall–Kier alpha value is 1.38. The summed E-state index contributed by atoms with van der Waals surface area (Å²) in [4.78, 5) is 0. The predicted molar refractivity (Wildman–Crippen MR) is 354 cm³/mol. The number of unbranched alkanes of at least 4 members (excludes halogenated alkanes) is 54. The maximum absolute atomic E-state index is 2.32. The predicted octanol–water partition coefficient (Wildman–Crippen LogP) is 28.5. The standard InChI is InChI=1S/2C36H75P.Fe/c2*1-4-7-10-13-16-19-22-25-28-31-34-37(35-32-29-26-23-20-17-14-11-8-5-2)36-33-30-27-24-21-18-15-12-9-6-3;/h2*4-36H2,1-3H3;. The molecule has 0 bridgehead atoms. The largest absolute Gasteiger partial charge is 0.107 e. The van der Waals surface area contributed by atoms with Crippen molar-refractivity contribution in [3.63, 3.8) is 0 Å². The molecule has 0 aliphatic heterocycles. The summed E-state index contributed by atoms with van der Waals surface area (Å²) in [5.41, 5.74) is 0. The Kier molecular flexibility index (Phi) is 83.2. The van der Waals surface area contributed by atoms with E-state index in [4.69, 9.17) is 0 Å². The summed E-state index contributed by atoms with van der Waals surface area (Å²) in [6, 6.07) is 0. The smallest absolute Gasteiger partial charge is 0 e. The van der Waals surface area contributed by atoms with Crippen molar-refractivity contribution < 1.29 is 17.1 Å². The maximum atomic E-state index is 2.32. The summed E-state index contributed by atoms with van der Waals surface area (Å²) in [7, 11) is 0.671. The molecule has 3 heteroatoms. The Labute approximate surface area is 493 Å². The van der Waals surface area contributed by atoms with Crippen LogP contribution in [0.25, 0.3) is 0 Å². The van der Waals surface area contributed by atoms with Gasteiger partial charge in [-0.3, -0.25) is 0 Å². The van der Waals surface area contributed by atoms with Crippen LogP contribution >= 0.6 is 15.8 Å². The zero-order chi connectivity index (χ0) is 53.8. The Morgan fingerprint density at radius 3 is 0.293 bits per heavy atom. The van der Waals surface area contributed by atoms with E-state index in [0.717, 1.165) is 0 Å². The fourth-order valence-corrected chi connectivity index (χ4v) is 17.0. The zero-order valence-electron chi connectivity index (χ0n) is 53.9. The normalized spacial score (nSPS) is 11.5. The van der Waals surface area contributed by atoms with E-state index in [0.29, 0.717) is 15.8 Å². The van der Waals surface area contributed by atoms with E-state index >= 15 is 0 Å². The van der Waals surface area contributed by atoms with Crippen molar-refractivity contribution in [1.29, 1.82) is 0 Å². The summed E-state index contributed by atoms with van der Waals surface area (Å²) in [6.07, 6.45) is 98.5. The summed E-state index contributed by atoms with van der Waals surface area (Å²) in [6.45, 7) is 13.9. The molecule has 0 saturated carbocycles. The molecule has 0 aromatic carbocycles. The van der Waals surface area contributed by atoms with Crippen molar-refractivity contribution in [2.24, 2.45) is 0 Å². The minimum Gasteiger partial charge on any atom is -0.107 e. The number of rotatable bonds is 66. The Balaban J connectivity index is -0.00000136. The first-order chi connectivity index (χ1) is 36.7. The molecule has 0 rings (SSSR count). The van der Waals surface area contributed by atoms with Gasteiger partial charge in [-0.15, -0.1) is 15.8 Å². The minimum atomic E-state index is 0. The van der Waals surface area contributed by atoms with E-state index < -0.39 is 0 Å². The summed E-state index contributed by atoms with van der Waals surface area (Å²) >= 11 is 0. The molecule has 0 radical (unpaired) electrons. The van der Waals surface area contributed by atoms with Crippen LogP contribution in [0.4, 0.5) is 0 Å². The van der Waals surface area contributed by atoms with Crippen molar-refractivity contribution in [3.8, 4) is 0 Å². The molecule has 0 aliphatic carbocycles. The third-order valence-corrected chi connectivity index (χ3v) is 22.7. The topological polar surface area (TPSA) is 0 Å². The molecule has 0 saturated heterocycles. The molecule has 456 valence electrons. The van der Waals surface area contributed by atoms with E-state index in [9.17, 15) is 0 Å². The van der Waals surface area contributed by atoms with Gasteiger partial charge in [0.1, 0.15) is 0 Å². The van der Waals surface area contributed by atoms with Gasteiger partial charge in [-0.05, 0) is 75.5 Å². The van der Waals surface area contributed by atoms with Crippen LogP contribution < -0.4 is 0 Å². The average molecular weight is 1130 g/mol. The first-order valence-electron chi connectivity index (χ1n) is 36.1. The van der Waals surface area contributed by atoms with Crippen molar-refractivity contribution >= 4 is 15.8 Å². The third kappa shape index (κ3) is 75.4. The SMILES string of the molecule is CCCCCCCCCCCCP(CCCCCCCCCCCC)CCCCCCCCCCCC.CCCCCCCCCCCCP(CCCCCCCCCCCC)CCCCCCCCCCCC.[Fe]. The Morgan fingerprint density at radius 1 is 0.120 bits per heavy atom. The first-order valence-corrected chi connectivity index (χ1v) is 39.9. The van der Waals surface area contributed by atoms with Gasteiger partial charge in [0.05, 0.1) is 0 Å². The van der Waals surface area contributed by atoms with Gasteiger partial charge in [0, 0.05) is 17.1 Å². The molecule has 0 spiro atoms. The molecule has 75 heavy (non-hydrogen) atoms. The molecule has 0 unspecified atom stereocenters. The molecule has 0 heterocycles. The van der Waals surface area contributed by atoms with Gasteiger partial charge < -0.3 is 0 Å². The van der Waals surface area contributed by atoms with Gasteiger partial charge in [0.2, 0.25) is 0 Å². The molecule has 0 atom stereocenters. The number of hydrogen-bond donors (Lipinski definition) is 0. The summed E-state index contributed by atoms with van der Waals surface area (Å²) in [5, 5.41) is 0. The minimum absolute atomic E-state index is 0. The molecule has 0 amide bonds. The van der Waals surface area contributed by atoms with E-state index in [1.807, 2.05) is 0 Å². The van der Waals surface area contributed by atoms with Crippen molar-refractivity contribution in [3.05, 3.63) is 0 Å². The molecule has 0 aromatic heterocycles. The Bertz CT molecular complexity index is 723. The Morgan fingerprint density at radius 2 is 0.200 bits per heavy atom. The van der Waals surface area contributed by atoms with E-state index in [1.54, 1.807) is 37.0 Å². The van der Waals surface area contributed by atoms with Crippen molar-refractivity contribution in [1.82, 2.24) is 0 Å². The second-order valence-electron chi connectivity index (χ2n) is 24.8. The van der Waals surface area contributed by atoms with Gasteiger partial charge >= 0.3 is 0 Å². The van der Waals surface area contributed by atoms with Gasteiger partial charge in [0.15, 0.2) is 0 Å². The van der Waals surface area contributed by atoms with Crippen LogP contribution in [0.3, 0.4) is 0 Å². The maximum Gasteiger partial charge on any atom is 0 e. The molecule has 0 nitrogen and oxygen atoms in total. The van der Waals surface area contributed by atoms with Crippen LogP contribution in [0, 0.1) is 0 Å². The monoisotopic (exact) mass is 1130 g/mol. The quantitative estimate of drug-likeness (QED) is 0.0323. The second-order valence-corrected chi connectivity index (χ2v) is 30.1. The van der Waals surface area contributed by atoms with Crippen molar-refractivity contribution in [2.75, 3.05) is 37.0 Å².